The van der Waals surface area contributed by atoms with Crippen LogP contribution < -0.4 is 0 Å². The Hall–Kier alpha value is -5.68. The molecule has 1 heterocycles. The lowest BCUT2D eigenvalue weighted by Crippen LogP contribution is -1.93. The lowest BCUT2D eigenvalue weighted by atomic mass is 9.84. The topological polar surface area (TPSA) is 94.1 Å². The standard InChI is InChI=1S/C37H24O5/c1-19-32(38)34(40)31(35(41)33(19)39)30-24-13-6-4-11-22(24)29(23-12-5-7-14-25(23)30)28-16-8-15-26-27-18-17-20-9-2-3-10-21(20)36(27)42-37(26)28/h2-18,38-41H,1H3. The third-order valence-corrected chi connectivity index (χ3v) is 8.47. The number of furan rings is 1. The maximum Gasteiger partial charge on any atom is 0.169 e. The summed E-state index contributed by atoms with van der Waals surface area (Å²) in [7, 11) is 0. The molecule has 0 bridgehead atoms. The number of rotatable bonds is 2. The minimum Gasteiger partial charge on any atom is -0.504 e. The molecule has 0 aliphatic rings. The summed E-state index contributed by atoms with van der Waals surface area (Å²) >= 11 is 0. The van der Waals surface area contributed by atoms with Crippen LogP contribution in [0.5, 0.6) is 23.0 Å². The maximum absolute atomic E-state index is 11.1. The number of para-hydroxylation sites is 1. The summed E-state index contributed by atoms with van der Waals surface area (Å²) in [5.74, 6) is -1.93. The minimum atomic E-state index is -0.489. The first-order valence-corrected chi connectivity index (χ1v) is 13.7. The largest absolute Gasteiger partial charge is 0.504 e. The SMILES string of the molecule is Cc1c(O)c(O)c(-c2c3ccccc3c(-c3cccc4c3oc3c5ccccc5ccc43)c3ccccc23)c(O)c1O. The summed E-state index contributed by atoms with van der Waals surface area (Å²) < 4.78 is 6.70. The monoisotopic (exact) mass is 548 g/mol. The molecule has 0 saturated heterocycles. The van der Waals surface area contributed by atoms with Crippen LogP contribution in [0.3, 0.4) is 0 Å². The fourth-order valence-corrected chi connectivity index (χ4v) is 6.46. The average molecular weight is 549 g/mol. The first kappa shape index (κ1) is 24.1. The van der Waals surface area contributed by atoms with Crippen molar-refractivity contribution in [2.75, 3.05) is 0 Å². The minimum absolute atomic E-state index is 0.00284. The van der Waals surface area contributed by atoms with E-state index in [2.05, 4.69) is 36.4 Å². The first-order chi connectivity index (χ1) is 20.5. The molecule has 5 heteroatoms. The van der Waals surface area contributed by atoms with Crippen LogP contribution in [0.15, 0.2) is 108 Å². The zero-order chi connectivity index (χ0) is 28.7. The predicted octanol–water partition coefficient (Wildman–Crippen LogP) is 9.51. The van der Waals surface area contributed by atoms with Crippen molar-refractivity contribution < 1.29 is 24.8 Å². The molecule has 0 unspecified atom stereocenters. The van der Waals surface area contributed by atoms with Gasteiger partial charge in [-0.3, -0.25) is 0 Å². The molecule has 0 radical (unpaired) electrons. The maximum atomic E-state index is 11.1. The molecular weight excluding hydrogens is 524 g/mol. The van der Waals surface area contributed by atoms with Crippen molar-refractivity contribution in [1.82, 2.24) is 0 Å². The highest BCUT2D eigenvalue weighted by Crippen LogP contribution is 2.55. The molecule has 202 valence electrons. The summed E-state index contributed by atoms with van der Waals surface area (Å²) in [6, 6.07) is 34.1. The van der Waals surface area contributed by atoms with Crippen molar-refractivity contribution in [1.29, 1.82) is 0 Å². The van der Waals surface area contributed by atoms with Crippen molar-refractivity contribution in [2.24, 2.45) is 0 Å². The van der Waals surface area contributed by atoms with Gasteiger partial charge in [0.25, 0.3) is 0 Å². The number of aromatic hydroxyl groups is 4. The zero-order valence-electron chi connectivity index (χ0n) is 22.5. The van der Waals surface area contributed by atoms with E-state index in [1.165, 1.54) is 6.92 Å². The highest BCUT2D eigenvalue weighted by atomic mass is 16.3. The summed E-state index contributed by atoms with van der Waals surface area (Å²) in [5, 5.41) is 50.9. The normalized spacial score (nSPS) is 11.8. The van der Waals surface area contributed by atoms with E-state index in [1.54, 1.807) is 0 Å². The Morgan fingerprint density at radius 3 is 1.52 bits per heavy atom. The third kappa shape index (κ3) is 3.13. The molecule has 0 aliphatic carbocycles. The molecule has 0 saturated carbocycles. The van der Waals surface area contributed by atoms with Gasteiger partial charge in [-0.25, -0.2) is 0 Å². The van der Waals surface area contributed by atoms with Gasteiger partial charge in [-0.2, -0.15) is 0 Å². The molecular formula is C37H24O5. The van der Waals surface area contributed by atoms with E-state index in [-0.39, 0.29) is 11.1 Å². The summed E-state index contributed by atoms with van der Waals surface area (Å²) in [6.07, 6.45) is 0. The molecule has 0 amide bonds. The second-order valence-electron chi connectivity index (χ2n) is 10.7. The van der Waals surface area contributed by atoms with Crippen LogP contribution in [-0.4, -0.2) is 20.4 Å². The second-order valence-corrected chi connectivity index (χ2v) is 10.7. The molecule has 4 N–H and O–H groups in total. The van der Waals surface area contributed by atoms with Gasteiger partial charge in [0.15, 0.2) is 23.0 Å². The number of phenols is 4. The van der Waals surface area contributed by atoms with Gasteiger partial charge in [0, 0.05) is 38.4 Å². The fourth-order valence-electron chi connectivity index (χ4n) is 6.46. The van der Waals surface area contributed by atoms with E-state index in [9.17, 15) is 20.4 Å². The molecule has 42 heavy (non-hydrogen) atoms. The summed E-state index contributed by atoms with van der Waals surface area (Å²) in [5.41, 5.74) is 3.94. The molecule has 0 aliphatic heterocycles. The van der Waals surface area contributed by atoms with Crippen LogP contribution in [0.25, 0.3) is 76.5 Å². The summed E-state index contributed by atoms with van der Waals surface area (Å²) in [4.78, 5) is 0. The molecule has 8 aromatic rings. The number of phenolic OH excluding ortho intramolecular Hbond substituents is 4. The quantitative estimate of drug-likeness (QED) is 0.0980. The fraction of sp³-hybridized carbons (Fsp3) is 0.0270. The Morgan fingerprint density at radius 2 is 0.905 bits per heavy atom. The molecule has 0 fully saturated rings. The van der Waals surface area contributed by atoms with Gasteiger partial charge in [0.2, 0.25) is 0 Å². The Labute approximate surface area is 239 Å². The van der Waals surface area contributed by atoms with E-state index in [0.29, 0.717) is 5.56 Å². The highest BCUT2D eigenvalue weighted by molar-refractivity contribution is 6.26. The molecule has 7 aromatic carbocycles. The van der Waals surface area contributed by atoms with Gasteiger partial charge in [-0.15, -0.1) is 0 Å². The van der Waals surface area contributed by atoms with Crippen molar-refractivity contribution >= 4 is 54.3 Å². The van der Waals surface area contributed by atoms with E-state index in [0.717, 1.165) is 65.4 Å². The lowest BCUT2D eigenvalue weighted by Gasteiger charge is -2.20. The van der Waals surface area contributed by atoms with Crippen molar-refractivity contribution in [3.05, 3.63) is 109 Å². The molecule has 0 spiro atoms. The second kappa shape index (κ2) is 8.66. The lowest BCUT2D eigenvalue weighted by molar-refractivity contribution is 0.371. The van der Waals surface area contributed by atoms with Crippen LogP contribution in [-0.2, 0) is 0 Å². The van der Waals surface area contributed by atoms with Crippen molar-refractivity contribution in [3.63, 3.8) is 0 Å². The van der Waals surface area contributed by atoms with E-state index in [4.69, 9.17) is 4.42 Å². The van der Waals surface area contributed by atoms with Crippen LogP contribution in [0.4, 0.5) is 0 Å². The van der Waals surface area contributed by atoms with Crippen molar-refractivity contribution in [3.8, 4) is 45.3 Å². The van der Waals surface area contributed by atoms with Gasteiger partial charge in [-0.1, -0.05) is 97.1 Å². The Kier molecular flexibility index (Phi) is 4.98. The van der Waals surface area contributed by atoms with Gasteiger partial charge >= 0.3 is 0 Å². The number of hydrogen-bond acceptors (Lipinski definition) is 5. The smallest absolute Gasteiger partial charge is 0.169 e. The number of benzene rings is 7. The first-order valence-electron chi connectivity index (χ1n) is 13.7. The molecule has 8 rings (SSSR count). The third-order valence-electron chi connectivity index (χ3n) is 8.47. The van der Waals surface area contributed by atoms with Gasteiger partial charge in [0.05, 0.1) is 5.56 Å². The van der Waals surface area contributed by atoms with Crippen molar-refractivity contribution in [2.45, 2.75) is 6.92 Å². The summed E-state index contributed by atoms with van der Waals surface area (Å²) in [6.45, 7) is 1.43. The van der Waals surface area contributed by atoms with Crippen LogP contribution in [0.2, 0.25) is 0 Å². The highest BCUT2D eigenvalue weighted by Gasteiger charge is 2.27. The molecule has 1 aromatic heterocycles. The van der Waals surface area contributed by atoms with Gasteiger partial charge in [-0.05, 0) is 39.9 Å². The zero-order valence-corrected chi connectivity index (χ0v) is 22.5. The van der Waals surface area contributed by atoms with Crippen LogP contribution in [0, 0.1) is 6.92 Å². The van der Waals surface area contributed by atoms with E-state index in [1.807, 2.05) is 66.7 Å². The number of hydrogen-bond donors (Lipinski definition) is 4. The number of fused-ring (bicyclic) bond motifs is 7. The Bertz CT molecular complexity index is 2330. The molecule has 5 nitrogen and oxygen atoms in total. The average Bonchev–Trinajstić information content (AvgIpc) is 3.42. The Balaban J connectivity index is 1.55. The van der Waals surface area contributed by atoms with E-state index < -0.39 is 23.0 Å². The van der Waals surface area contributed by atoms with Crippen LogP contribution >= 0.6 is 0 Å². The van der Waals surface area contributed by atoms with Crippen LogP contribution in [0.1, 0.15) is 5.56 Å². The predicted molar refractivity (Wildman–Crippen MR) is 169 cm³/mol. The molecule has 0 atom stereocenters. The van der Waals surface area contributed by atoms with Gasteiger partial charge in [0.1, 0.15) is 11.2 Å². The Morgan fingerprint density at radius 1 is 0.405 bits per heavy atom. The van der Waals surface area contributed by atoms with E-state index >= 15 is 0 Å². The van der Waals surface area contributed by atoms with Gasteiger partial charge < -0.3 is 24.8 Å².